The van der Waals surface area contributed by atoms with Crippen molar-refractivity contribution in [3.63, 3.8) is 0 Å². The van der Waals surface area contributed by atoms with E-state index in [0.717, 1.165) is 62.9 Å². The van der Waals surface area contributed by atoms with Crippen molar-refractivity contribution in [1.29, 1.82) is 0 Å². The van der Waals surface area contributed by atoms with Gasteiger partial charge in [0.1, 0.15) is 0 Å². The maximum absolute atomic E-state index is 12.4. The molecule has 0 spiro atoms. The van der Waals surface area contributed by atoms with Crippen LogP contribution in [-0.2, 0) is 24.2 Å². The molecule has 1 aromatic rings. The molecule has 0 radical (unpaired) electrons. The fraction of sp³-hybridized carbons (Fsp3) is 0.632. The molecular formula is C19H25N3O2. The van der Waals surface area contributed by atoms with E-state index in [1.54, 1.807) is 10.7 Å². The number of hydrogen-bond acceptors (Lipinski definition) is 3. The molecule has 3 aliphatic rings. The number of fused-ring (bicyclic) bond motifs is 1. The molecule has 5 heteroatoms. The Morgan fingerprint density at radius 3 is 2.83 bits per heavy atom. The molecule has 2 heterocycles. The van der Waals surface area contributed by atoms with Crippen molar-refractivity contribution in [2.24, 2.45) is 11.8 Å². The van der Waals surface area contributed by atoms with E-state index in [0.29, 0.717) is 18.4 Å². The number of hydrogen-bond donors (Lipinski definition) is 0. The minimum Gasteiger partial charge on any atom is -0.342 e. The molecule has 1 aromatic heterocycles. The van der Waals surface area contributed by atoms with Gasteiger partial charge >= 0.3 is 0 Å². The molecule has 4 rings (SSSR count). The number of aromatic nitrogens is 2. The van der Waals surface area contributed by atoms with Gasteiger partial charge in [-0.05, 0) is 50.5 Å². The highest BCUT2D eigenvalue weighted by Gasteiger charge is 2.34. The molecule has 1 saturated heterocycles. The summed E-state index contributed by atoms with van der Waals surface area (Å²) in [5.74, 6) is 0.821. The lowest BCUT2D eigenvalue weighted by Gasteiger charge is -2.41. The monoisotopic (exact) mass is 327 g/mol. The van der Waals surface area contributed by atoms with Crippen LogP contribution >= 0.6 is 0 Å². The van der Waals surface area contributed by atoms with Crippen LogP contribution in [0.4, 0.5) is 0 Å². The topological polar surface area (TPSA) is 55.2 Å². The fourth-order valence-electron chi connectivity index (χ4n) is 4.12. The van der Waals surface area contributed by atoms with E-state index in [9.17, 15) is 9.59 Å². The zero-order valence-corrected chi connectivity index (χ0v) is 14.1. The quantitative estimate of drug-likeness (QED) is 0.797. The van der Waals surface area contributed by atoms with Gasteiger partial charge in [-0.2, -0.15) is 5.10 Å². The molecule has 0 bridgehead atoms. The van der Waals surface area contributed by atoms with Crippen molar-refractivity contribution in [3.05, 3.63) is 39.8 Å². The van der Waals surface area contributed by atoms with Crippen LogP contribution in [0.25, 0.3) is 0 Å². The zero-order chi connectivity index (χ0) is 16.5. The van der Waals surface area contributed by atoms with Crippen LogP contribution in [-0.4, -0.2) is 33.7 Å². The van der Waals surface area contributed by atoms with Crippen molar-refractivity contribution < 1.29 is 4.79 Å². The lowest BCUT2D eigenvalue weighted by molar-refractivity contribution is -0.142. The summed E-state index contributed by atoms with van der Waals surface area (Å²) in [6, 6.07) is 1.78. The number of carbonyl (C=O) groups excluding carboxylic acids is 1. The van der Waals surface area contributed by atoms with Crippen molar-refractivity contribution in [2.45, 2.75) is 51.5 Å². The molecule has 0 aromatic carbocycles. The Morgan fingerprint density at radius 2 is 2.04 bits per heavy atom. The molecule has 0 saturated carbocycles. The van der Waals surface area contributed by atoms with Gasteiger partial charge in [0.2, 0.25) is 5.91 Å². The van der Waals surface area contributed by atoms with Gasteiger partial charge in [-0.3, -0.25) is 9.59 Å². The van der Waals surface area contributed by atoms with E-state index in [1.165, 1.54) is 6.42 Å². The number of likely N-dealkylation sites (tertiary alicyclic amines) is 1. The minimum absolute atomic E-state index is 0.0119. The van der Waals surface area contributed by atoms with E-state index in [2.05, 4.69) is 17.3 Å². The van der Waals surface area contributed by atoms with Crippen LogP contribution in [0.2, 0.25) is 0 Å². The fourth-order valence-corrected chi connectivity index (χ4v) is 4.12. The number of rotatable bonds is 3. The molecule has 1 amide bonds. The number of aryl methyl sites for hydroxylation is 2. The van der Waals surface area contributed by atoms with Crippen molar-refractivity contribution >= 4 is 5.91 Å². The van der Waals surface area contributed by atoms with Gasteiger partial charge in [0.15, 0.2) is 0 Å². The third-order valence-corrected chi connectivity index (χ3v) is 5.59. The molecule has 24 heavy (non-hydrogen) atoms. The standard InChI is InChI=1S/C19H25N3O2/c23-18-10-16-8-4-5-9-17(16)20-22(18)13-14-11-21(12-14)19(24)15-6-2-1-3-7-15/h1-2,10,14-15H,3-9,11-13H2. The van der Waals surface area contributed by atoms with Gasteiger partial charge < -0.3 is 4.90 Å². The van der Waals surface area contributed by atoms with Crippen molar-refractivity contribution in [1.82, 2.24) is 14.7 Å². The second-order valence-corrected chi connectivity index (χ2v) is 7.43. The summed E-state index contributed by atoms with van der Waals surface area (Å²) in [7, 11) is 0. The van der Waals surface area contributed by atoms with Crippen LogP contribution < -0.4 is 5.56 Å². The smallest absolute Gasteiger partial charge is 0.267 e. The Labute approximate surface area is 142 Å². The van der Waals surface area contributed by atoms with Gasteiger partial charge in [0, 0.05) is 31.0 Å². The Morgan fingerprint density at radius 1 is 1.21 bits per heavy atom. The lowest BCUT2D eigenvalue weighted by Crippen LogP contribution is -2.54. The Hall–Kier alpha value is -1.91. The first-order chi connectivity index (χ1) is 11.7. The highest BCUT2D eigenvalue weighted by Crippen LogP contribution is 2.26. The molecule has 2 aliphatic carbocycles. The largest absolute Gasteiger partial charge is 0.342 e. The molecule has 5 nitrogen and oxygen atoms in total. The van der Waals surface area contributed by atoms with E-state index in [1.807, 2.05) is 4.90 Å². The Bertz CT molecular complexity index is 716. The average Bonchev–Trinajstić information content (AvgIpc) is 2.58. The van der Waals surface area contributed by atoms with Crippen LogP contribution in [0.5, 0.6) is 0 Å². The summed E-state index contributed by atoms with van der Waals surface area (Å²) in [5, 5.41) is 4.59. The van der Waals surface area contributed by atoms with Crippen LogP contribution in [0.3, 0.4) is 0 Å². The summed E-state index contributed by atoms with van der Waals surface area (Å²) in [5.41, 5.74) is 2.25. The Kier molecular flexibility index (Phi) is 4.25. The predicted molar refractivity (Wildman–Crippen MR) is 91.7 cm³/mol. The van der Waals surface area contributed by atoms with Crippen molar-refractivity contribution in [2.75, 3.05) is 13.1 Å². The number of carbonyl (C=O) groups is 1. The zero-order valence-electron chi connectivity index (χ0n) is 14.1. The molecule has 1 aliphatic heterocycles. The lowest BCUT2D eigenvalue weighted by atomic mass is 9.90. The predicted octanol–water partition coefficient (Wildman–Crippen LogP) is 1.94. The molecule has 1 unspecified atom stereocenters. The molecule has 1 fully saturated rings. The first-order valence-electron chi connectivity index (χ1n) is 9.24. The second-order valence-electron chi connectivity index (χ2n) is 7.43. The van der Waals surface area contributed by atoms with E-state index >= 15 is 0 Å². The summed E-state index contributed by atoms with van der Waals surface area (Å²) in [4.78, 5) is 26.6. The van der Waals surface area contributed by atoms with Gasteiger partial charge in [-0.25, -0.2) is 4.68 Å². The minimum atomic E-state index is 0.0119. The maximum atomic E-state index is 12.4. The highest BCUT2D eigenvalue weighted by molar-refractivity contribution is 5.80. The van der Waals surface area contributed by atoms with E-state index < -0.39 is 0 Å². The van der Waals surface area contributed by atoms with Crippen LogP contribution in [0.1, 0.15) is 43.4 Å². The normalized spacial score (nSPS) is 23.7. The Balaban J connectivity index is 1.36. The SMILES string of the molecule is O=C(C1CC=CCC1)N1CC(Cn2nc3c(cc2=O)CCCC3)C1. The molecule has 0 N–H and O–H groups in total. The van der Waals surface area contributed by atoms with E-state index in [4.69, 9.17) is 0 Å². The molecular weight excluding hydrogens is 302 g/mol. The van der Waals surface area contributed by atoms with Crippen LogP contribution in [0.15, 0.2) is 23.0 Å². The summed E-state index contributed by atoms with van der Waals surface area (Å²) in [6.45, 7) is 2.18. The highest BCUT2D eigenvalue weighted by atomic mass is 16.2. The third kappa shape index (κ3) is 3.04. The molecule has 1 atom stereocenters. The summed E-state index contributed by atoms with van der Waals surface area (Å²) < 4.78 is 1.62. The van der Waals surface area contributed by atoms with Crippen LogP contribution in [0, 0.1) is 11.8 Å². The van der Waals surface area contributed by atoms with Gasteiger partial charge in [-0.1, -0.05) is 12.2 Å². The number of amides is 1. The number of nitrogens with zero attached hydrogens (tertiary/aromatic N) is 3. The third-order valence-electron chi connectivity index (χ3n) is 5.59. The van der Waals surface area contributed by atoms with Crippen molar-refractivity contribution in [3.8, 4) is 0 Å². The van der Waals surface area contributed by atoms with Gasteiger partial charge in [0.05, 0.1) is 12.2 Å². The first-order valence-corrected chi connectivity index (χ1v) is 9.24. The summed E-state index contributed by atoms with van der Waals surface area (Å²) >= 11 is 0. The molecule has 128 valence electrons. The van der Waals surface area contributed by atoms with Gasteiger partial charge in [-0.15, -0.1) is 0 Å². The summed E-state index contributed by atoms with van der Waals surface area (Å²) in [6.07, 6.45) is 11.5. The van der Waals surface area contributed by atoms with Gasteiger partial charge in [0.25, 0.3) is 5.56 Å². The second kappa shape index (κ2) is 6.54. The first kappa shape index (κ1) is 15.6. The van der Waals surface area contributed by atoms with E-state index in [-0.39, 0.29) is 11.5 Å². The maximum Gasteiger partial charge on any atom is 0.267 e. The average molecular weight is 327 g/mol. The number of allylic oxidation sites excluding steroid dienone is 2.